The van der Waals surface area contributed by atoms with Gasteiger partial charge in [0.2, 0.25) is 6.10 Å². The third kappa shape index (κ3) is 3.09. The summed E-state index contributed by atoms with van der Waals surface area (Å²) in [6.07, 6.45) is 6.80. The lowest BCUT2D eigenvalue weighted by atomic mass is 9.98. The Labute approximate surface area is 158 Å². The van der Waals surface area contributed by atoms with Crippen LogP contribution >= 0.6 is 0 Å². The Morgan fingerprint density at radius 1 is 1.04 bits per heavy atom. The first-order chi connectivity index (χ1) is 13.3. The van der Waals surface area contributed by atoms with E-state index in [4.69, 9.17) is 14.2 Å². The fourth-order valence-electron chi connectivity index (χ4n) is 4.50. The van der Waals surface area contributed by atoms with Gasteiger partial charge in [-0.25, -0.2) is 0 Å². The van der Waals surface area contributed by atoms with Gasteiger partial charge in [-0.15, -0.1) is 0 Å². The summed E-state index contributed by atoms with van der Waals surface area (Å²) < 4.78 is 17.8. The van der Waals surface area contributed by atoms with Crippen LogP contribution in [0.3, 0.4) is 0 Å². The van der Waals surface area contributed by atoms with Crippen molar-refractivity contribution in [3.05, 3.63) is 48.8 Å². The second-order valence-electron chi connectivity index (χ2n) is 7.39. The summed E-state index contributed by atoms with van der Waals surface area (Å²) in [7, 11) is 0. The fraction of sp³-hybridized carbons (Fsp3) is 0.429. The largest absolute Gasteiger partial charge is 0.490 e. The van der Waals surface area contributed by atoms with Crippen LogP contribution in [0.15, 0.2) is 48.8 Å². The Kier molecular flexibility index (Phi) is 4.11. The number of benzene rings is 1. The molecule has 4 heterocycles. The lowest BCUT2D eigenvalue weighted by molar-refractivity contribution is -0.147. The van der Waals surface area contributed by atoms with Crippen LogP contribution in [0, 0.1) is 0 Å². The van der Waals surface area contributed by atoms with Gasteiger partial charge in [0.25, 0.3) is 5.91 Å². The van der Waals surface area contributed by atoms with Gasteiger partial charge in [-0.05, 0) is 37.1 Å². The third-order valence-corrected chi connectivity index (χ3v) is 5.68. The molecule has 2 fully saturated rings. The van der Waals surface area contributed by atoms with Crippen molar-refractivity contribution in [2.75, 3.05) is 6.61 Å². The molecule has 1 aromatic heterocycles. The molecule has 0 spiro atoms. The molecule has 2 aromatic rings. The maximum atomic E-state index is 13.2. The summed E-state index contributed by atoms with van der Waals surface area (Å²) in [5, 5.41) is 0. The number of ether oxygens (including phenoxy) is 3. The number of pyridine rings is 1. The van der Waals surface area contributed by atoms with E-state index in [2.05, 4.69) is 4.98 Å². The van der Waals surface area contributed by atoms with Crippen LogP contribution in [0.5, 0.6) is 17.2 Å². The molecule has 0 unspecified atom stereocenters. The van der Waals surface area contributed by atoms with Gasteiger partial charge in [-0.2, -0.15) is 0 Å². The van der Waals surface area contributed by atoms with E-state index in [9.17, 15) is 4.79 Å². The predicted molar refractivity (Wildman–Crippen MR) is 97.9 cm³/mol. The molecule has 5 rings (SSSR count). The van der Waals surface area contributed by atoms with Gasteiger partial charge < -0.3 is 19.1 Å². The van der Waals surface area contributed by atoms with E-state index in [0.29, 0.717) is 11.5 Å². The molecule has 3 aliphatic rings. The Balaban J connectivity index is 1.26. The molecule has 6 nitrogen and oxygen atoms in total. The Bertz CT molecular complexity index is 814. The number of aromatic nitrogens is 1. The summed E-state index contributed by atoms with van der Waals surface area (Å²) in [6, 6.07) is 11.7. The Hall–Kier alpha value is -2.76. The van der Waals surface area contributed by atoms with Gasteiger partial charge in [0, 0.05) is 37.3 Å². The highest BCUT2D eigenvalue weighted by Crippen LogP contribution is 2.39. The van der Waals surface area contributed by atoms with Gasteiger partial charge in [0.15, 0.2) is 11.5 Å². The summed E-state index contributed by atoms with van der Waals surface area (Å²) in [4.78, 5) is 19.2. The number of carbonyl (C=O) groups excluding carboxylic acids is 1. The molecule has 27 heavy (non-hydrogen) atoms. The van der Waals surface area contributed by atoms with Crippen LogP contribution in [0.2, 0.25) is 0 Å². The standard InChI is InChI=1S/C21H22N2O4/c24-21(20-13-25-18-3-1-2-4-19(18)27-20)23-14-5-6-15(23)12-17(11-14)26-16-7-9-22-10-8-16/h1-4,7-10,14-15,17,20H,5-6,11-13H2/t14-,15-,20+/m0/s1. The number of hydrogen-bond acceptors (Lipinski definition) is 5. The highest BCUT2D eigenvalue weighted by Gasteiger charge is 2.46. The van der Waals surface area contributed by atoms with Gasteiger partial charge in [0.1, 0.15) is 18.5 Å². The first-order valence-electron chi connectivity index (χ1n) is 9.55. The summed E-state index contributed by atoms with van der Waals surface area (Å²) >= 11 is 0. The molecule has 0 N–H and O–H groups in total. The zero-order valence-electron chi connectivity index (χ0n) is 15.0. The van der Waals surface area contributed by atoms with Gasteiger partial charge in [0.05, 0.1) is 0 Å². The van der Waals surface area contributed by atoms with E-state index in [0.717, 1.165) is 31.4 Å². The monoisotopic (exact) mass is 366 g/mol. The van der Waals surface area contributed by atoms with Crippen LogP contribution in [0.4, 0.5) is 0 Å². The van der Waals surface area contributed by atoms with Gasteiger partial charge in [-0.3, -0.25) is 9.78 Å². The van der Waals surface area contributed by atoms with E-state index < -0.39 is 6.10 Å². The lowest BCUT2D eigenvalue weighted by Crippen LogP contribution is -2.55. The molecule has 2 saturated heterocycles. The summed E-state index contributed by atoms with van der Waals surface area (Å²) in [5.74, 6) is 2.23. The molecule has 140 valence electrons. The summed E-state index contributed by atoms with van der Waals surface area (Å²) in [5.41, 5.74) is 0. The molecule has 0 saturated carbocycles. The molecule has 0 radical (unpaired) electrons. The number of amides is 1. The van der Waals surface area contributed by atoms with Crippen molar-refractivity contribution in [1.82, 2.24) is 9.88 Å². The minimum atomic E-state index is -0.569. The average Bonchev–Trinajstić information content (AvgIpc) is 2.98. The van der Waals surface area contributed by atoms with E-state index >= 15 is 0 Å². The van der Waals surface area contributed by atoms with Crippen LogP contribution in [-0.4, -0.2) is 46.7 Å². The zero-order chi connectivity index (χ0) is 18.2. The van der Waals surface area contributed by atoms with Crippen molar-refractivity contribution in [2.24, 2.45) is 0 Å². The number of rotatable bonds is 3. The molecule has 1 amide bonds. The summed E-state index contributed by atoms with van der Waals surface area (Å²) in [6.45, 7) is 0.267. The van der Waals surface area contributed by atoms with Crippen LogP contribution in [-0.2, 0) is 4.79 Å². The normalized spacial score (nSPS) is 28.7. The van der Waals surface area contributed by atoms with Gasteiger partial charge >= 0.3 is 0 Å². The zero-order valence-corrected chi connectivity index (χ0v) is 15.0. The molecule has 3 aliphatic heterocycles. The topological polar surface area (TPSA) is 60.9 Å². The van der Waals surface area contributed by atoms with Crippen LogP contribution < -0.4 is 14.2 Å². The minimum absolute atomic E-state index is 0.0411. The van der Waals surface area contributed by atoms with Crippen molar-refractivity contribution in [3.63, 3.8) is 0 Å². The van der Waals surface area contributed by atoms with E-state index in [-0.39, 0.29) is 30.7 Å². The highest BCUT2D eigenvalue weighted by atomic mass is 16.6. The van der Waals surface area contributed by atoms with E-state index in [1.807, 2.05) is 41.3 Å². The molecule has 2 bridgehead atoms. The number of para-hydroxylation sites is 2. The molecular formula is C21H22N2O4. The molecule has 1 aromatic carbocycles. The Morgan fingerprint density at radius 3 is 2.48 bits per heavy atom. The smallest absolute Gasteiger partial charge is 0.267 e. The minimum Gasteiger partial charge on any atom is -0.490 e. The van der Waals surface area contributed by atoms with Crippen molar-refractivity contribution in [2.45, 2.75) is 50.0 Å². The first kappa shape index (κ1) is 16.4. The third-order valence-electron chi connectivity index (χ3n) is 5.68. The van der Waals surface area contributed by atoms with Crippen LogP contribution in [0.25, 0.3) is 0 Å². The fourth-order valence-corrected chi connectivity index (χ4v) is 4.50. The van der Waals surface area contributed by atoms with E-state index in [1.165, 1.54) is 0 Å². The van der Waals surface area contributed by atoms with Crippen molar-refractivity contribution < 1.29 is 19.0 Å². The van der Waals surface area contributed by atoms with Crippen molar-refractivity contribution in [1.29, 1.82) is 0 Å². The number of carbonyl (C=O) groups is 1. The second-order valence-corrected chi connectivity index (χ2v) is 7.39. The van der Waals surface area contributed by atoms with Crippen molar-refractivity contribution in [3.8, 4) is 17.2 Å². The number of piperidine rings is 1. The molecule has 3 atom stereocenters. The highest BCUT2D eigenvalue weighted by molar-refractivity contribution is 5.83. The quantitative estimate of drug-likeness (QED) is 0.836. The molecular weight excluding hydrogens is 344 g/mol. The number of nitrogens with zero attached hydrogens (tertiary/aromatic N) is 2. The van der Waals surface area contributed by atoms with Crippen LogP contribution in [0.1, 0.15) is 25.7 Å². The van der Waals surface area contributed by atoms with Crippen molar-refractivity contribution >= 4 is 5.91 Å². The number of hydrogen-bond donors (Lipinski definition) is 0. The number of fused-ring (bicyclic) bond motifs is 3. The maximum Gasteiger partial charge on any atom is 0.267 e. The SMILES string of the molecule is O=C([C@H]1COc2ccccc2O1)N1[C@H]2CC[C@H]1CC(Oc1ccncc1)C2. The lowest BCUT2D eigenvalue weighted by Gasteiger charge is -2.40. The molecule has 6 heteroatoms. The molecule has 0 aliphatic carbocycles. The average molecular weight is 366 g/mol. The second kappa shape index (κ2) is 6.76. The van der Waals surface area contributed by atoms with E-state index in [1.54, 1.807) is 12.4 Å². The predicted octanol–water partition coefficient (Wildman–Crippen LogP) is 2.82. The Morgan fingerprint density at radius 2 is 1.74 bits per heavy atom. The maximum absolute atomic E-state index is 13.2. The van der Waals surface area contributed by atoms with Gasteiger partial charge in [-0.1, -0.05) is 12.1 Å². The first-order valence-corrected chi connectivity index (χ1v) is 9.55.